The fraction of sp³-hybridized carbons (Fsp3) is 0.167. The molecule has 0 amide bonds. The molecular formula is C12H8N2O6. The van der Waals surface area contributed by atoms with Gasteiger partial charge in [0, 0.05) is 6.42 Å². The molecule has 8 heteroatoms. The third-order valence-electron chi connectivity index (χ3n) is 2.40. The van der Waals surface area contributed by atoms with Crippen molar-refractivity contribution in [3.05, 3.63) is 34.9 Å². The molecule has 0 fully saturated rings. The average molecular weight is 276 g/mol. The van der Waals surface area contributed by atoms with Crippen LogP contribution in [-0.2, 0) is 16.0 Å². The quantitative estimate of drug-likeness (QED) is 0.578. The Balaban J connectivity index is 3.33. The van der Waals surface area contributed by atoms with Crippen molar-refractivity contribution >= 4 is 24.1 Å². The Labute approximate surface area is 112 Å². The first-order valence-electron chi connectivity index (χ1n) is 5.23. The lowest BCUT2D eigenvalue weighted by Gasteiger charge is -2.10. The summed E-state index contributed by atoms with van der Waals surface area (Å²) in [6, 6.07) is 3.83. The number of hydrogen-bond acceptors (Lipinski definition) is 6. The third-order valence-corrected chi connectivity index (χ3v) is 2.40. The summed E-state index contributed by atoms with van der Waals surface area (Å²) in [6.07, 6.45) is 0.978. The molecule has 0 heterocycles. The number of aliphatic imine (C=N–C) groups is 2. The van der Waals surface area contributed by atoms with Gasteiger partial charge in [0.1, 0.15) is 0 Å². The van der Waals surface area contributed by atoms with E-state index in [1.54, 1.807) is 0 Å². The second-order valence-corrected chi connectivity index (χ2v) is 3.58. The molecule has 0 aromatic heterocycles. The van der Waals surface area contributed by atoms with Crippen LogP contribution in [0.4, 0.5) is 0 Å². The van der Waals surface area contributed by atoms with E-state index in [1.165, 1.54) is 24.3 Å². The molecule has 0 atom stereocenters. The molecule has 1 rings (SSSR count). The number of carboxylic acid groups (broad SMARTS) is 2. The van der Waals surface area contributed by atoms with Crippen molar-refractivity contribution in [2.45, 2.75) is 12.6 Å². The van der Waals surface area contributed by atoms with Crippen LogP contribution in [0.25, 0.3) is 0 Å². The highest BCUT2D eigenvalue weighted by Gasteiger charge is 2.21. The number of isocyanates is 2. The van der Waals surface area contributed by atoms with Crippen molar-refractivity contribution in [1.29, 1.82) is 0 Å². The molecular weight excluding hydrogens is 268 g/mol. The lowest BCUT2D eigenvalue weighted by molar-refractivity contribution is 0.0650. The highest BCUT2D eigenvalue weighted by atomic mass is 16.4. The van der Waals surface area contributed by atoms with E-state index < -0.39 is 29.2 Å². The lowest BCUT2D eigenvalue weighted by Crippen LogP contribution is -2.15. The van der Waals surface area contributed by atoms with Gasteiger partial charge in [-0.05, 0) is 11.6 Å². The summed E-state index contributed by atoms with van der Waals surface area (Å²) in [5.41, 5.74) is -0.758. The zero-order valence-electron chi connectivity index (χ0n) is 9.94. The summed E-state index contributed by atoms with van der Waals surface area (Å²) in [5, 5.41) is 18.0. The van der Waals surface area contributed by atoms with Crippen molar-refractivity contribution in [1.82, 2.24) is 0 Å². The summed E-state index contributed by atoms with van der Waals surface area (Å²) in [4.78, 5) is 48.9. The van der Waals surface area contributed by atoms with E-state index in [4.69, 9.17) is 10.2 Å². The third kappa shape index (κ3) is 3.46. The smallest absolute Gasteiger partial charge is 0.336 e. The average Bonchev–Trinajstić information content (AvgIpc) is 2.38. The van der Waals surface area contributed by atoms with E-state index >= 15 is 0 Å². The Hall–Kier alpha value is -3.08. The molecule has 0 aliphatic heterocycles. The van der Waals surface area contributed by atoms with E-state index in [0.29, 0.717) is 0 Å². The summed E-state index contributed by atoms with van der Waals surface area (Å²) in [5.74, 6) is -2.85. The van der Waals surface area contributed by atoms with Crippen LogP contribution in [0, 0.1) is 0 Å². The second-order valence-electron chi connectivity index (χ2n) is 3.58. The molecule has 0 spiro atoms. The molecule has 20 heavy (non-hydrogen) atoms. The maximum atomic E-state index is 11.2. The normalized spacial score (nSPS) is 10.8. The topological polar surface area (TPSA) is 133 Å². The largest absolute Gasteiger partial charge is 0.478 e. The Bertz CT molecular complexity index is 623. The van der Waals surface area contributed by atoms with Gasteiger partial charge in [0.15, 0.2) is 6.17 Å². The fourth-order valence-corrected chi connectivity index (χ4v) is 1.64. The van der Waals surface area contributed by atoms with Crippen LogP contribution in [-0.4, -0.2) is 40.5 Å². The number of aromatic carboxylic acids is 2. The van der Waals surface area contributed by atoms with Crippen LogP contribution in [0.3, 0.4) is 0 Å². The van der Waals surface area contributed by atoms with Crippen molar-refractivity contribution in [2.24, 2.45) is 9.98 Å². The first-order valence-corrected chi connectivity index (χ1v) is 5.23. The SMILES string of the molecule is O=C=NC(Cc1cccc(C(=O)O)c1C(=O)O)N=C=O. The van der Waals surface area contributed by atoms with Gasteiger partial charge in [-0.25, -0.2) is 19.2 Å². The van der Waals surface area contributed by atoms with Crippen LogP contribution >= 0.6 is 0 Å². The van der Waals surface area contributed by atoms with Gasteiger partial charge < -0.3 is 10.2 Å². The Morgan fingerprint density at radius 3 is 2.15 bits per heavy atom. The van der Waals surface area contributed by atoms with Gasteiger partial charge >= 0.3 is 11.9 Å². The molecule has 8 nitrogen and oxygen atoms in total. The number of rotatable bonds is 6. The van der Waals surface area contributed by atoms with Crippen molar-refractivity contribution in [3.63, 3.8) is 0 Å². The number of carboxylic acids is 2. The molecule has 0 saturated carbocycles. The summed E-state index contributed by atoms with van der Waals surface area (Å²) < 4.78 is 0. The van der Waals surface area contributed by atoms with Crippen molar-refractivity contribution in [3.8, 4) is 0 Å². The van der Waals surface area contributed by atoms with Gasteiger partial charge in [0.05, 0.1) is 11.1 Å². The summed E-state index contributed by atoms with van der Waals surface area (Å²) in [7, 11) is 0. The standard InChI is InChI=1S/C12H8N2O6/c15-5-13-9(14-6-16)4-7-2-1-3-8(11(17)18)10(7)12(19)20/h1-3,9H,4H2,(H,17,18)(H,19,20). The van der Waals surface area contributed by atoms with E-state index in [0.717, 1.165) is 6.07 Å². The predicted molar refractivity (Wildman–Crippen MR) is 64.1 cm³/mol. The second kappa shape index (κ2) is 6.75. The van der Waals surface area contributed by atoms with Crippen LogP contribution < -0.4 is 0 Å². The fourth-order valence-electron chi connectivity index (χ4n) is 1.64. The molecule has 0 radical (unpaired) electrons. The molecule has 0 bridgehead atoms. The monoisotopic (exact) mass is 276 g/mol. The number of carbonyl (C=O) groups excluding carboxylic acids is 2. The maximum absolute atomic E-state index is 11.2. The Morgan fingerprint density at radius 1 is 1.10 bits per heavy atom. The molecule has 102 valence electrons. The highest BCUT2D eigenvalue weighted by Crippen LogP contribution is 2.18. The van der Waals surface area contributed by atoms with E-state index in [2.05, 4.69) is 9.98 Å². The molecule has 0 unspecified atom stereocenters. The molecule has 0 saturated heterocycles. The minimum absolute atomic E-state index is 0.0837. The van der Waals surface area contributed by atoms with E-state index in [9.17, 15) is 19.2 Å². The molecule has 2 N–H and O–H groups in total. The van der Waals surface area contributed by atoms with Gasteiger partial charge in [-0.1, -0.05) is 12.1 Å². The molecule has 0 aliphatic carbocycles. The lowest BCUT2D eigenvalue weighted by atomic mass is 9.98. The van der Waals surface area contributed by atoms with Gasteiger partial charge in [-0.3, -0.25) is 0 Å². The van der Waals surface area contributed by atoms with Crippen molar-refractivity contribution < 1.29 is 29.4 Å². The molecule has 1 aromatic carbocycles. The number of nitrogens with zero attached hydrogens (tertiary/aromatic N) is 2. The zero-order valence-corrected chi connectivity index (χ0v) is 9.94. The number of hydrogen-bond donors (Lipinski definition) is 2. The van der Waals surface area contributed by atoms with E-state index in [1.807, 2.05) is 0 Å². The Kier molecular flexibility index (Phi) is 5.05. The van der Waals surface area contributed by atoms with Crippen molar-refractivity contribution in [2.75, 3.05) is 0 Å². The van der Waals surface area contributed by atoms with Gasteiger partial charge in [-0.2, -0.15) is 9.98 Å². The van der Waals surface area contributed by atoms with Crippen LogP contribution in [0.1, 0.15) is 26.3 Å². The zero-order chi connectivity index (χ0) is 15.1. The maximum Gasteiger partial charge on any atom is 0.336 e. The first-order chi connectivity index (χ1) is 9.51. The number of benzene rings is 1. The van der Waals surface area contributed by atoms with Gasteiger partial charge in [-0.15, -0.1) is 0 Å². The minimum atomic E-state index is -1.44. The Morgan fingerprint density at radius 2 is 1.70 bits per heavy atom. The first kappa shape index (κ1) is 15.0. The summed E-state index contributed by atoms with van der Waals surface area (Å²) >= 11 is 0. The highest BCUT2D eigenvalue weighted by molar-refractivity contribution is 6.02. The molecule has 1 aromatic rings. The summed E-state index contributed by atoms with van der Waals surface area (Å²) in [6.45, 7) is 0. The van der Waals surface area contributed by atoms with Gasteiger partial charge in [0.2, 0.25) is 12.2 Å². The van der Waals surface area contributed by atoms with E-state index in [-0.39, 0.29) is 12.0 Å². The minimum Gasteiger partial charge on any atom is -0.478 e. The van der Waals surface area contributed by atoms with Crippen LogP contribution in [0.15, 0.2) is 28.2 Å². The molecule has 0 aliphatic rings. The number of carbonyl (C=O) groups is 2. The van der Waals surface area contributed by atoms with Crippen LogP contribution in [0.2, 0.25) is 0 Å². The van der Waals surface area contributed by atoms with Gasteiger partial charge in [0.25, 0.3) is 0 Å². The predicted octanol–water partition coefficient (Wildman–Crippen LogP) is 0.623. The van der Waals surface area contributed by atoms with Crippen LogP contribution in [0.5, 0.6) is 0 Å².